The highest BCUT2D eigenvalue weighted by Gasteiger charge is 2.21. The molecule has 0 saturated carbocycles. The fraction of sp³-hybridized carbons (Fsp3) is 0.500. The van der Waals surface area contributed by atoms with E-state index in [9.17, 15) is 9.90 Å². The summed E-state index contributed by atoms with van der Waals surface area (Å²) in [5, 5.41) is 13.1. The first-order valence-electron chi connectivity index (χ1n) is 6.55. The number of likely N-dealkylation sites (tertiary alicyclic amines) is 1. The Kier molecular flexibility index (Phi) is 4.66. The molecule has 2 N–H and O–H groups in total. The molecule has 2 rings (SSSR count). The monoisotopic (exact) mass is 282 g/mol. The van der Waals surface area contributed by atoms with Crippen LogP contribution < -0.4 is 5.32 Å². The van der Waals surface area contributed by atoms with Gasteiger partial charge in [0.1, 0.15) is 5.75 Å². The van der Waals surface area contributed by atoms with Crippen LogP contribution in [0, 0.1) is 0 Å². The highest BCUT2D eigenvalue weighted by atomic mass is 35.5. The summed E-state index contributed by atoms with van der Waals surface area (Å²) >= 11 is 5.86. The third-order valence-electron chi connectivity index (χ3n) is 3.33. The van der Waals surface area contributed by atoms with Crippen molar-refractivity contribution in [2.24, 2.45) is 0 Å². The predicted molar refractivity (Wildman–Crippen MR) is 75.2 cm³/mol. The lowest BCUT2D eigenvalue weighted by atomic mass is 10.2. The number of nitrogens with zero attached hydrogens (tertiary/aromatic N) is 1. The summed E-state index contributed by atoms with van der Waals surface area (Å²) in [5.74, 6) is 0.349. The summed E-state index contributed by atoms with van der Waals surface area (Å²) in [6, 6.07) is 5.41. The molecule has 0 spiro atoms. The molecule has 0 aliphatic carbocycles. The number of carbonyl (C=O) groups is 1. The van der Waals surface area contributed by atoms with Crippen LogP contribution in [0.15, 0.2) is 18.2 Å². The van der Waals surface area contributed by atoms with E-state index in [1.165, 1.54) is 0 Å². The molecular formula is C14H19ClN2O2. The van der Waals surface area contributed by atoms with Gasteiger partial charge in [0.2, 0.25) is 5.91 Å². The molecule has 0 aromatic heterocycles. The SMILES string of the molecule is CC(CN1CCCC1=O)NCc1ccc(O)c(Cl)c1. The zero-order valence-corrected chi connectivity index (χ0v) is 11.8. The van der Waals surface area contributed by atoms with E-state index in [0.717, 1.165) is 25.1 Å². The van der Waals surface area contributed by atoms with Gasteiger partial charge in [-0.05, 0) is 31.0 Å². The van der Waals surface area contributed by atoms with E-state index in [1.807, 2.05) is 11.0 Å². The van der Waals surface area contributed by atoms with Crippen LogP contribution >= 0.6 is 11.6 Å². The number of amides is 1. The Hall–Kier alpha value is -1.26. The van der Waals surface area contributed by atoms with E-state index in [0.29, 0.717) is 18.0 Å². The Balaban J connectivity index is 1.81. The van der Waals surface area contributed by atoms with Crippen LogP contribution in [0.1, 0.15) is 25.3 Å². The van der Waals surface area contributed by atoms with Gasteiger partial charge in [-0.3, -0.25) is 4.79 Å². The summed E-state index contributed by atoms with van der Waals surface area (Å²) in [4.78, 5) is 13.4. The highest BCUT2D eigenvalue weighted by Crippen LogP contribution is 2.23. The quantitative estimate of drug-likeness (QED) is 0.870. The van der Waals surface area contributed by atoms with Gasteiger partial charge in [-0.2, -0.15) is 0 Å². The van der Waals surface area contributed by atoms with Crippen LogP contribution in [-0.4, -0.2) is 35.0 Å². The molecule has 1 atom stereocenters. The molecule has 1 saturated heterocycles. The molecule has 1 aromatic rings. The van der Waals surface area contributed by atoms with Crippen molar-refractivity contribution in [2.75, 3.05) is 13.1 Å². The molecule has 1 aliphatic heterocycles. The van der Waals surface area contributed by atoms with Gasteiger partial charge >= 0.3 is 0 Å². The molecule has 19 heavy (non-hydrogen) atoms. The van der Waals surface area contributed by atoms with Crippen LogP contribution in [-0.2, 0) is 11.3 Å². The average molecular weight is 283 g/mol. The number of rotatable bonds is 5. The van der Waals surface area contributed by atoms with E-state index in [1.54, 1.807) is 12.1 Å². The minimum absolute atomic E-state index is 0.0983. The molecule has 1 fully saturated rings. The Morgan fingerprint density at radius 1 is 1.53 bits per heavy atom. The van der Waals surface area contributed by atoms with Crippen molar-refractivity contribution in [1.29, 1.82) is 0 Å². The maximum absolute atomic E-state index is 11.5. The van der Waals surface area contributed by atoms with Crippen molar-refractivity contribution in [1.82, 2.24) is 10.2 Å². The van der Waals surface area contributed by atoms with E-state index >= 15 is 0 Å². The lowest BCUT2D eigenvalue weighted by molar-refractivity contribution is -0.127. The summed E-state index contributed by atoms with van der Waals surface area (Å²) < 4.78 is 0. The number of hydrogen-bond donors (Lipinski definition) is 2. The molecule has 5 heteroatoms. The molecule has 1 aromatic carbocycles. The van der Waals surface area contributed by atoms with Crippen molar-refractivity contribution < 1.29 is 9.90 Å². The normalized spacial score (nSPS) is 16.9. The maximum Gasteiger partial charge on any atom is 0.222 e. The molecule has 1 aliphatic rings. The smallest absolute Gasteiger partial charge is 0.222 e. The first kappa shape index (κ1) is 14.2. The fourth-order valence-corrected chi connectivity index (χ4v) is 2.45. The van der Waals surface area contributed by atoms with Crippen LogP contribution in [0.25, 0.3) is 0 Å². The second-order valence-corrected chi connectivity index (χ2v) is 5.42. The maximum atomic E-state index is 11.5. The Morgan fingerprint density at radius 2 is 2.32 bits per heavy atom. The van der Waals surface area contributed by atoms with E-state index < -0.39 is 0 Å². The largest absolute Gasteiger partial charge is 0.506 e. The molecule has 1 heterocycles. The molecule has 0 radical (unpaired) electrons. The Labute approximate surface area is 118 Å². The third-order valence-corrected chi connectivity index (χ3v) is 3.64. The summed E-state index contributed by atoms with van der Waals surface area (Å²) in [5.41, 5.74) is 1.02. The topological polar surface area (TPSA) is 52.6 Å². The highest BCUT2D eigenvalue weighted by molar-refractivity contribution is 6.32. The van der Waals surface area contributed by atoms with Gasteiger partial charge in [0.25, 0.3) is 0 Å². The number of phenolic OH excluding ortho intramolecular Hbond substituents is 1. The summed E-state index contributed by atoms with van der Waals surface area (Å²) in [6.07, 6.45) is 1.65. The molecule has 4 nitrogen and oxygen atoms in total. The molecular weight excluding hydrogens is 264 g/mol. The second kappa shape index (κ2) is 6.26. The van der Waals surface area contributed by atoms with Gasteiger partial charge in [0, 0.05) is 32.1 Å². The van der Waals surface area contributed by atoms with Crippen LogP contribution in [0.4, 0.5) is 0 Å². The van der Waals surface area contributed by atoms with E-state index in [4.69, 9.17) is 11.6 Å². The van der Waals surface area contributed by atoms with E-state index in [2.05, 4.69) is 12.2 Å². The molecule has 104 valence electrons. The van der Waals surface area contributed by atoms with Gasteiger partial charge in [-0.15, -0.1) is 0 Å². The lowest BCUT2D eigenvalue weighted by Gasteiger charge is -2.21. The van der Waals surface area contributed by atoms with Gasteiger partial charge in [-0.1, -0.05) is 17.7 Å². The Bertz CT molecular complexity index is 465. The van der Waals surface area contributed by atoms with Gasteiger partial charge < -0.3 is 15.3 Å². The van der Waals surface area contributed by atoms with Gasteiger partial charge in [0.15, 0.2) is 0 Å². The standard InChI is InChI=1S/C14H19ClN2O2/c1-10(9-17-6-2-3-14(17)19)16-8-11-4-5-13(18)12(15)7-11/h4-5,7,10,16,18H,2-3,6,8-9H2,1H3. The predicted octanol–water partition coefficient (Wildman–Crippen LogP) is 2.15. The summed E-state index contributed by atoms with van der Waals surface area (Å²) in [6.45, 7) is 4.34. The van der Waals surface area contributed by atoms with Crippen molar-refractivity contribution in [3.05, 3.63) is 28.8 Å². The van der Waals surface area contributed by atoms with Gasteiger partial charge in [0.05, 0.1) is 5.02 Å². The molecule has 1 amide bonds. The first-order chi connectivity index (χ1) is 9.06. The number of aromatic hydroxyl groups is 1. The fourth-order valence-electron chi connectivity index (χ4n) is 2.24. The molecule has 0 bridgehead atoms. The number of benzene rings is 1. The number of nitrogens with one attached hydrogen (secondary N) is 1. The van der Waals surface area contributed by atoms with Crippen LogP contribution in [0.2, 0.25) is 5.02 Å². The second-order valence-electron chi connectivity index (χ2n) is 5.01. The zero-order valence-electron chi connectivity index (χ0n) is 11.0. The van der Waals surface area contributed by atoms with Crippen molar-refractivity contribution in [3.8, 4) is 5.75 Å². The lowest BCUT2D eigenvalue weighted by Crippen LogP contribution is -2.39. The molecule has 1 unspecified atom stereocenters. The van der Waals surface area contributed by atoms with Gasteiger partial charge in [-0.25, -0.2) is 0 Å². The number of carbonyl (C=O) groups excluding carboxylic acids is 1. The van der Waals surface area contributed by atoms with Crippen LogP contribution in [0.3, 0.4) is 0 Å². The van der Waals surface area contributed by atoms with Crippen LogP contribution in [0.5, 0.6) is 5.75 Å². The number of phenols is 1. The first-order valence-corrected chi connectivity index (χ1v) is 6.92. The van der Waals surface area contributed by atoms with Crippen molar-refractivity contribution >= 4 is 17.5 Å². The Morgan fingerprint density at radius 3 is 2.95 bits per heavy atom. The number of hydrogen-bond acceptors (Lipinski definition) is 3. The minimum Gasteiger partial charge on any atom is -0.506 e. The average Bonchev–Trinajstić information content (AvgIpc) is 2.77. The van der Waals surface area contributed by atoms with E-state index in [-0.39, 0.29) is 17.7 Å². The zero-order chi connectivity index (χ0) is 13.8. The summed E-state index contributed by atoms with van der Waals surface area (Å²) in [7, 11) is 0. The van der Waals surface area contributed by atoms with Crippen molar-refractivity contribution in [2.45, 2.75) is 32.4 Å². The van der Waals surface area contributed by atoms with Crippen molar-refractivity contribution in [3.63, 3.8) is 0 Å². The number of halogens is 1. The third kappa shape index (κ3) is 3.85. The minimum atomic E-state index is 0.0983.